The number of carbonyl (C=O) groups is 1. The summed E-state index contributed by atoms with van der Waals surface area (Å²) in [5.41, 5.74) is 5.88. The lowest BCUT2D eigenvalue weighted by atomic mass is 9.99. The predicted molar refractivity (Wildman–Crippen MR) is 90.5 cm³/mol. The van der Waals surface area contributed by atoms with Gasteiger partial charge in [0, 0.05) is 12.5 Å². The Balaban J connectivity index is 2.11. The van der Waals surface area contributed by atoms with E-state index in [1.807, 2.05) is 6.92 Å². The molecule has 0 saturated heterocycles. The molecule has 0 aromatic heterocycles. The number of aliphatic carboxylic acids is 1. The summed E-state index contributed by atoms with van der Waals surface area (Å²) in [5, 5.41) is 8.66. The number of benzene rings is 2. The van der Waals surface area contributed by atoms with Crippen LogP contribution in [0.1, 0.15) is 17.0 Å². The minimum Gasteiger partial charge on any atom is -0.481 e. The average molecular weight is 345 g/mol. The van der Waals surface area contributed by atoms with Gasteiger partial charge in [0.2, 0.25) is 0 Å². The van der Waals surface area contributed by atoms with Crippen LogP contribution in [0.2, 0.25) is 0 Å². The van der Waals surface area contributed by atoms with E-state index in [2.05, 4.69) is 0 Å². The Morgan fingerprint density at radius 3 is 2.21 bits per heavy atom. The lowest BCUT2D eigenvalue weighted by molar-refractivity contribution is -0.143. The maximum atomic E-state index is 13.0. The van der Waals surface area contributed by atoms with Gasteiger partial charge in [-0.25, -0.2) is 8.42 Å². The lowest BCUT2D eigenvalue weighted by Crippen LogP contribution is -2.31. The topological polar surface area (TPSA) is 97.5 Å². The molecule has 1 saturated carbocycles. The molecule has 0 spiro atoms. The Hall–Kier alpha value is -2.18. The summed E-state index contributed by atoms with van der Waals surface area (Å²) in [6, 6.07) is 15.3. The first-order chi connectivity index (χ1) is 11.4. The highest BCUT2D eigenvalue weighted by Gasteiger charge is 2.75. The van der Waals surface area contributed by atoms with Crippen LogP contribution in [0.25, 0.3) is 0 Å². The van der Waals surface area contributed by atoms with Gasteiger partial charge in [0.05, 0.1) is 10.1 Å². The van der Waals surface area contributed by atoms with Gasteiger partial charge in [0.1, 0.15) is 5.41 Å². The van der Waals surface area contributed by atoms with E-state index in [1.165, 1.54) is 12.1 Å². The van der Waals surface area contributed by atoms with Gasteiger partial charge in [-0.05, 0) is 24.6 Å². The fraction of sp³-hybridized carbons (Fsp3) is 0.278. The van der Waals surface area contributed by atoms with E-state index in [9.17, 15) is 18.3 Å². The number of nitrogens with two attached hydrogens (primary N) is 1. The third-order valence-corrected chi connectivity index (χ3v) is 7.13. The molecule has 5 nitrogen and oxygen atoms in total. The third-order valence-electron chi connectivity index (χ3n) is 4.83. The lowest BCUT2D eigenvalue weighted by Gasteiger charge is -2.10. The third kappa shape index (κ3) is 2.34. The number of carboxylic acids is 1. The van der Waals surface area contributed by atoms with Gasteiger partial charge in [-0.15, -0.1) is 0 Å². The number of rotatable bonds is 5. The highest BCUT2D eigenvalue weighted by molar-refractivity contribution is 7.92. The summed E-state index contributed by atoms with van der Waals surface area (Å²) in [4.78, 5) is 12.0. The predicted octanol–water partition coefficient (Wildman–Crippen LogP) is 1.96. The summed E-state index contributed by atoms with van der Waals surface area (Å²) in [7, 11) is -3.81. The molecule has 0 aliphatic heterocycles. The van der Waals surface area contributed by atoms with E-state index in [1.54, 1.807) is 42.5 Å². The molecule has 2 aromatic rings. The molecule has 6 heteroatoms. The first-order valence-electron chi connectivity index (χ1n) is 7.64. The fourth-order valence-electron chi connectivity index (χ4n) is 3.45. The number of hydrogen-bond donors (Lipinski definition) is 2. The van der Waals surface area contributed by atoms with Crippen molar-refractivity contribution in [3.8, 4) is 0 Å². The van der Waals surface area contributed by atoms with Crippen molar-refractivity contribution in [1.82, 2.24) is 0 Å². The maximum absolute atomic E-state index is 13.0. The van der Waals surface area contributed by atoms with Crippen molar-refractivity contribution in [2.24, 2.45) is 11.1 Å². The van der Waals surface area contributed by atoms with Crippen molar-refractivity contribution in [2.45, 2.75) is 23.0 Å². The molecule has 1 fully saturated rings. The van der Waals surface area contributed by atoms with E-state index in [0.717, 1.165) is 5.56 Å². The zero-order chi connectivity index (χ0) is 17.5. The Kier molecular flexibility index (Phi) is 3.97. The summed E-state index contributed by atoms with van der Waals surface area (Å²) < 4.78 is 26.1. The normalized spacial score (nSPS) is 26.1. The zero-order valence-corrected chi connectivity index (χ0v) is 14.0. The SMILES string of the molecule is Cc1ccc(S(=O)(=O)[C@H]2[C@@H](c3ccccc3)[C@@]2(CN)C(=O)O)cc1. The first kappa shape index (κ1) is 16.7. The molecule has 0 unspecified atom stereocenters. The zero-order valence-electron chi connectivity index (χ0n) is 13.2. The Morgan fingerprint density at radius 2 is 1.71 bits per heavy atom. The molecular weight excluding hydrogens is 326 g/mol. The largest absolute Gasteiger partial charge is 0.481 e. The van der Waals surface area contributed by atoms with E-state index in [0.29, 0.717) is 5.56 Å². The van der Waals surface area contributed by atoms with E-state index in [4.69, 9.17) is 5.73 Å². The molecule has 2 aromatic carbocycles. The fourth-order valence-corrected chi connectivity index (χ4v) is 5.84. The quantitative estimate of drug-likeness (QED) is 0.863. The van der Waals surface area contributed by atoms with Gasteiger partial charge in [0.25, 0.3) is 0 Å². The second kappa shape index (κ2) is 5.72. The van der Waals surface area contributed by atoms with Gasteiger partial charge in [-0.3, -0.25) is 4.79 Å². The van der Waals surface area contributed by atoms with E-state index in [-0.39, 0.29) is 11.4 Å². The number of sulfone groups is 1. The van der Waals surface area contributed by atoms with Gasteiger partial charge < -0.3 is 10.8 Å². The van der Waals surface area contributed by atoms with Crippen LogP contribution < -0.4 is 5.73 Å². The van der Waals surface area contributed by atoms with Gasteiger partial charge in [-0.1, -0.05) is 48.0 Å². The first-order valence-corrected chi connectivity index (χ1v) is 9.19. The van der Waals surface area contributed by atoms with Gasteiger partial charge in [0.15, 0.2) is 9.84 Å². The van der Waals surface area contributed by atoms with Crippen LogP contribution in [0.15, 0.2) is 59.5 Å². The van der Waals surface area contributed by atoms with Crippen LogP contribution in [0.5, 0.6) is 0 Å². The van der Waals surface area contributed by atoms with Crippen LogP contribution in [-0.4, -0.2) is 31.3 Å². The van der Waals surface area contributed by atoms with Crippen LogP contribution in [0, 0.1) is 12.3 Å². The van der Waals surface area contributed by atoms with Gasteiger partial charge >= 0.3 is 5.97 Å². The van der Waals surface area contributed by atoms with Crippen molar-refractivity contribution in [3.63, 3.8) is 0 Å². The Bertz CT molecular complexity index is 862. The van der Waals surface area contributed by atoms with Gasteiger partial charge in [-0.2, -0.15) is 0 Å². The molecule has 0 amide bonds. The Morgan fingerprint density at radius 1 is 1.12 bits per heavy atom. The second-order valence-electron chi connectivity index (χ2n) is 6.22. The monoisotopic (exact) mass is 345 g/mol. The Labute approximate surface area is 141 Å². The van der Waals surface area contributed by atoms with Crippen LogP contribution in [0.4, 0.5) is 0 Å². The molecule has 126 valence electrons. The van der Waals surface area contributed by atoms with Crippen LogP contribution >= 0.6 is 0 Å². The molecule has 1 aliphatic carbocycles. The van der Waals surface area contributed by atoms with Crippen LogP contribution in [-0.2, 0) is 14.6 Å². The molecule has 0 bridgehead atoms. The number of hydrogen-bond acceptors (Lipinski definition) is 4. The molecule has 0 heterocycles. The minimum atomic E-state index is -3.81. The number of carboxylic acid groups (broad SMARTS) is 1. The van der Waals surface area contributed by atoms with E-state index < -0.39 is 32.4 Å². The minimum absolute atomic E-state index is 0.135. The molecule has 3 N–H and O–H groups in total. The van der Waals surface area contributed by atoms with E-state index >= 15 is 0 Å². The molecule has 1 aliphatic rings. The van der Waals surface area contributed by atoms with Crippen molar-refractivity contribution in [1.29, 1.82) is 0 Å². The van der Waals surface area contributed by atoms with Crippen molar-refractivity contribution < 1.29 is 18.3 Å². The summed E-state index contributed by atoms with van der Waals surface area (Å²) in [6.45, 7) is 1.64. The van der Waals surface area contributed by atoms with Crippen molar-refractivity contribution in [2.75, 3.05) is 6.54 Å². The average Bonchev–Trinajstić information content (AvgIpc) is 3.28. The maximum Gasteiger partial charge on any atom is 0.312 e. The molecule has 24 heavy (non-hydrogen) atoms. The molecule has 3 atom stereocenters. The smallest absolute Gasteiger partial charge is 0.312 e. The number of aryl methyl sites for hydroxylation is 1. The summed E-state index contributed by atoms with van der Waals surface area (Å²) in [6.07, 6.45) is 0. The van der Waals surface area contributed by atoms with Crippen molar-refractivity contribution >= 4 is 15.8 Å². The highest BCUT2D eigenvalue weighted by atomic mass is 32.2. The molecular formula is C18H19NO4S. The summed E-state index contributed by atoms with van der Waals surface area (Å²) in [5.74, 6) is -1.81. The molecule has 3 rings (SSSR count). The summed E-state index contributed by atoms with van der Waals surface area (Å²) >= 11 is 0. The molecule has 0 radical (unpaired) electrons. The highest BCUT2D eigenvalue weighted by Crippen LogP contribution is 2.63. The second-order valence-corrected chi connectivity index (χ2v) is 8.29. The van der Waals surface area contributed by atoms with Crippen LogP contribution in [0.3, 0.4) is 0 Å². The standard InChI is InChI=1S/C18H19NO4S/c1-12-7-9-14(10-8-12)24(22,23)16-15(13-5-3-2-4-6-13)18(16,11-19)17(20)21/h2-10,15-16H,11,19H2,1H3,(H,20,21)/t15-,16+,18-/m1/s1. The van der Waals surface area contributed by atoms with Crippen molar-refractivity contribution in [3.05, 3.63) is 65.7 Å².